The summed E-state index contributed by atoms with van der Waals surface area (Å²) in [5.41, 5.74) is 0. The van der Waals surface area contributed by atoms with Gasteiger partial charge in [-0.25, -0.2) is 4.79 Å². The molecule has 0 rings (SSSR count). The van der Waals surface area contributed by atoms with Crippen molar-refractivity contribution in [3.05, 3.63) is 24.3 Å². The van der Waals surface area contributed by atoms with Crippen LogP contribution in [0.1, 0.15) is 27.2 Å². The van der Waals surface area contributed by atoms with Crippen LogP contribution in [0.15, 0.2) is 24.3 Å². The van der Waals surface area contributed by atoms with E-state index in [4.69, 9.17) is 10.8 Å². The molecule has 0 bridgehead atoms. The molecule has 0 aromatic carbocycles. The molecule has 4 heteroatoms. The largest absolute Gasteiger partial charge is 0.466 e. The Bertz CT molecular complexity index is 408. The van der Waals surface area contributed by atoms with Gasteiger partial charge >= 0.3 is 5.97 Å². The maximum Gasteiger partial charge on any atom is 0.330 e. The van der Waals surface area contributed by atoms with Crippen molar-refractivity contribution in [1.82, 2.24) is 0 Å². The van der Waals surface area contributed by atoms with Crippen LogP contribution in [0.2, 0.25) is 18.1 Å². The summed E-state index contributed by atoms with van der Waals surface area (Å²) in [6.45, 7) is 10.9. The lowest BCUT2D eigenvalue weighted by Crippen LogP contribution is -2.43. The molecule has 20 heavy (non-hydrogen) atoms. The summed E-state index contributed by atoms with van der Waals surface area (Å²) in [5.74, 6) is 2.31. The Morgan fingerprint density at radius 2 is 1.95 bits per heavy atom. The van der Waals surface area contributed by atoms with Gasteiger partial charge in [0.05, 0.1) is 7.11 Å². The summed E-state index contributed by atoms with van der Waals surface area (Å²) in [5, 5.41) is 0.136. The van der Waals surface area contributed by atoms with Gasteiger partial charge in [0.2, 0.25) is 0 Å². The molecule has 0 spiro atoms. The second-order valence-electron chi connectivity index (χ2n) is 6.08. The maximum absolute atomic E-state index is 10.9. The van der Waals surface area contributed by atoms with Gasteiger partial charge in [-0.3, -0.25) is 0 Å². The molecule has 0 aromatic rings. The lowest BCUT2D eigenvalue weighted by molar-refractivity contribution is -0.134. The Hall–Kier alpha value is -1.31. The summed E-state index contributed by atoms with van der Waals surface area (Å²) in [7, 11) is -0.505. The minimum absolute atomic E-state index is 0.136. The monoisotopic (exact) mass is 294 g/mol. The molecule has 0 aromatic heterocycles. The zero-order valence-corrected chi connectivity index (χ0v) is 14.4. The summed E-state index contributed by atoms with van der Waals surface area (Å²) in [6, 6.07) is 0. The predicted octanol–water partition coefficient (Wildman–Crippen LogP) is 3.69. The molecule has 3 nitrogen and oxygen atoms in total. The number of rotatable bonds is 6. The van der Waals surface area contributed by atoms with E-state index in [1.807, 2.05) is 6.08 Å². The molecule has 112 valence electrons. The van der Waals surface area contributed by atoms with E-state index in [2.05, 4.69) is 44.5 Å². The van der Waals surface area contributed by atoms with Crippen molar-refractivity contribution in [1.29, 1.82) is 0 Å². The molecular formula is C16H26O3Si. The van der Waals surface area contributed by atoms with Gasteiger partial charge < -0.3 is 9.16 Å². The summed E-state index contributed by atoms with van der Waals surface area (Å²) >= 11 is 0. The molecular weight excluding hydrogens is 268 g/mol. The smallest absolute Gasteiger partial charge is 0.330 e. The third kappa shape index (κ3) is 6.74. The normalized spacial score (nSPS) is 14.4. The van der Waals surface area contributed by atoms with Gasteiger partial charge in [0.1, 0.15) is 6.10 Å². The lowest BCUT2D eigenvalue weighted by atomic mass is 10.2. The van der Waals surface area contributed by atoms with Crippen molar-refractivity contribution in [3.8, 4) is 12.3 Å². The number of esters is 1. The van der Waals surface area contributed by atoms with Crippen molar-refractivity contribution in [3.63, 3.8) is 0 Å². The highest BCUT2D eigenvalue weighted by molar-refractivity contribution is 6.74. The number of ether oxygens (including phenoxy) is 1. The maximum atomic E-state index is 10.9. The molecule has 1 atom stereocenters. The van der Waals surface area contributed by atoms with Gasteiger partial charge in [0.25, 0.3) is 0 Å². The number of allylic oxidation sites excluding steroid dienone is 2. The van der Waals surface area contributed by atoms with E-state index in [0.29, 0.717) is 6.42 Å². The molecule has 0 aliphatic carbocycles. The highest BCUT2D eigenvalue weighted by Crippen LogP contribution is 2.37. The van der Waals surface area contributed by atoms with E-state index >= 15 is 0 Å². The Labute approximate surface area is 124 Å². The van der Waals surface area contributed by atoms with Gasteiger partial charge in [-0.15, -0.1) is 6.42 Å². The second-order valence-corrected chi connectivity index (χ2v) is 10.8. The molecule has 0 aliphatic rings. The first kappa shape index (κ1) is 18.7. The average Bonchev–Trinajstić information content (AvgIpc) is 2.34. The van der Waals surface area contributed by atoms with Crippen molar-refractivity contribution in [2.24, 2.45) is 0 Å². The number of hydrogen-bond donors (Lipinski definition) is 0. The van der Waals surface area contributed by atoms with Crippen LogP contribution in [-0.2, 0) is 14.0 Å². The van der Waals surface area contributed by atoms with Crippen LogP contribution in [0.5, 0.6) is 0 Å². The van der Waals surface area contributed by atoms with Crippen LogP contribution in [0.25, 0.3) is 0 Å². The Morgan fingerprint density at radius 1 is 1.35 bits per heavy atom. The predicted molar refractivity (Wildman–Crippen MR) is 85.8 cm³/mol. The summed E-state index contributed by atoms with van der Waals surface area (Å²) in [4.78, 5) is 10.9. The number of carbonyl (C=O) groups is 1. The van der Waals surface area contributed by atoms with Crippen molar-refractivity contribution in [2.75, 3.05) is 7.11 Å². The van der Waals surface area contributed by atoms with E-state index in [0.717, 1.165) is 0 Å². The quantitative estimate of drug-likeness (QED) is 0.246. The number of methoxy groups -OCH3 is 1. The molecule has 0 heterocycles. The number of terminal acetylenes is 1. The van der Waals surface area contributed by atoms with Crippen molar-refractivity contribution in [2.45, 2.75) is 51.4 Å². The average molecular weight is 294 g/mol. The van der Waals surface area contributed by atoms with Crippen molar-refractivity contribution < 1.29 is 14.0 Å². The van der Waals surface area contributed by atoms with Crippen LogP contribution in [0.3, 0.4) is 0 Å². The Morgan fingerprint density at radius 3 is 2.40 bits per heavy atom. The zero-order valence-electron chi connectivity index (χ0n) is 13.4. The molecule has 0 amide bonds. The molecule has 0 unspecified atom stereocenters. The summed E-state index contributed by atoms with van der Waals surface area (Å²) in [6.07, 6.45) is 12.6. The fourth-order valence-electron chi connectivity index (χ4n) is 1.17. The molecule has 0 radical (unpaired) electrons. The summed E-state index contributed by atoms with van der Waals surface area (Å²) < 4.78 is 10.6. The van der Waals surface area contributed by atoms with E-state index in [-0.39, 0.29) is 17.1 Å². The molecule has 0 saturated heterocycles. The highest BCUT2D eigenvalue weighted by Gasteiger charge is 2.38. The van der Waals surface area contributed by atoms with Gasteiger partial charge in [-0.1, -0.05) is 44.9 Å². The molecule has 0 fully saturated rings. The number of carbonyl (C=O) groups excluding carboxylic acids is 1. The third-order valence-corrected chi connectivity index (χ3v) is 7.95. The fourth-order valence-corrected chi connectivity index (χ4v) is 2.39. The SMILES string of the molecule is C#C[C@H](C/C=C/C=C\C(=O)OC)O[Si](C)(C)C(C)(C)C. The first-order chi connectivity index (χ1) is 9.14. The molecule has 0 aliphatic heterocycles. The minimum atomic E-state index is -1.85. The topological polar surface area (TPSA) is 35.5 Å². The van der Waals surface area contributed by atoms with Crippen LogP contribution < -0.4 is 0 Å². The van der Waals surface area contributed by atoms with Crippen LogP contribution in [0.4, 0.5) is 0 Å². The van der Waals surface area contributed by atoms with Crippen molar-refractivity contribution >= 4 is 14.3 Å². The van der Waals surface area contributed by atoms with Crippen LogP contribution >= 0.6 is 0 Å². The standard InChI is InChI=1S/C16H26O3Si/c1-8-14(19-20(6,7)16(2,3)4)12-10-9-11-13-15(17)18-5/h1,9-11,13-14H,12H2,2-7H3/b10-9+,13-11-/t14-/m1/s1. The molecule has 0 N–H and O–H groups in total. The van der Waals surface area contributed by atoms with Crippen LogP contribution in [-0.4, -0.2) is 27.5 Å². The van der Waals surface area contributed by atoms with E-state index in [1.54, 1.807) is 12.2 Å². The Kier molecular flexibility index (Phi) is 7.55. The first-order valence-electron chi connectivity index (χ1n) is 6.69. The van der Waals surface area contributed by atoms with Gasteiger partial charge in [-0.2, -0.15) is 0 Å². The lowest BCUT2D eigenvalue weighted by Gasteiger charge is -2.37. The third-order valence-electron chi connectivity index (χ3n) is 3.46. The Balaban J connectivity index is 4.46. The van der Waals surface area contributed by atoms with E-state index < -0.39 is 8.32 Å². The van der Waals surface area contributed by atoms with E-state index in [9.17, 15) is 4.79 Å². The van der Waals surface area contributed by atoms with Gasteiger partial charge in [-0.05, 0) is 18.1 Å². The number of hydrogen-bond acceptors (Lipinski definition) is 3. The first-order valence-corrected chi connectivity index (χ1v) is 9.60. The molecule has 0 saturated carbocycles. The van der Waals surface area contributed by atoms with E-state index in [1.165, 1.54) is 13.2 Å². The van der Waals surface area contributed by atoms with Crippen LogP contribution in [0, 0.1) is 12.3 Å². The highest BCUT2D eigenvalue weighted by atomic mass is 28.4. The second kappa shape index (κ2) is 8.08. The fraction of sp³-hybridized carbons (Fsp3) is 0.562. The minimum Gasteiger partial charge on any atom is -0.466 e. The van der Waals surface area contributed by atoms with Gasteiger partial charge in [0, 0.05) is 12.5 Å². The van der Waals surface area contributed by atoms with Gasteiger partial charge in [0.15, 0.2) is 8.32 Å². The zero-order chi connectivity index (χ0) is 15.8.